The van der Waals surface area contributed by atoms with E-state index in [2.05, 4.69) is 59.8 Å². The van der Waals surface area contributed by atoms with Crippen LogP contribution < -0.4 is 5.32 Å². The van der Waals surface area contributed by atoms with Crippen molar-refractivity contribution in [2.24, 2.45) is 0 Å². The smallest absolute Gasteiger partial charge is 0.329 e. The van der Waals surface area contributed by atoms with Crippen molar-refractivity contribution < 1.29 is 14.7 Å². The molecule has 8 heteroatoms. The number of hydrogen-bond donors (Lipinski definition) is 2. The van der Waals surface area contributed by atoms with Crippen molar-refractivity contribution in [1.82, 2.24) is 5.32 Å². The Bertz CT molecular complexity index is 513. The molecule has 92 valence electrons. The first-order chi connectivity index (χ1) is 7.87. The molecule has 1 aromatic heterocycles. The van der Waals surface area contributed by atoms with E-state index >= 15 is 0 Å². The highest BCUT2D eigenvalue weighted by Gasteiger charge is 2.52. The molecule has 2 N–H and O–H groups in total. The van der Waals surface area contributed by atoms with Crippen molar-refractivity contribution in [1.29, 1.82) is 0 Å². The average molecular weight is 495 g/mol. The molecule has 1 aromatic rings. The molecule has 1 aliphatic rings. The summed E-state index contributed by atoms with van der Waals surface area (Å²) < 4.78 is 2.44. The monoisotopic (exact) mass is 493 g/mol. The number of amides is 1. The van der Waals surface area contributed by atoms with Gasteiger partial charge in [0.2, 0.25) is 0 Å². The predicted octanol–water partition coefficient (Wildman–Crippen LogP) is 3.22. The lowest BCUT2D eigenvalue weighted by Crippen LogP contribution is -2.43. The van der Waals surface area contributed by atoms with Gasteiger partial charge in [-0.05, 0) is 67.3 Å². The second kappa shape index (κ2) is 4.78. The highest BCUT2D eigenvalue weighted by Crippen LogP contribution is 2.40. The number of rotatable bonds is 3. The second-order valence-electron chi connectivity index (χ2n) is 3.67. The van der Waals surface area contributed by atoms with Crippen molar-refractivity contribution in [3.63, 3.8) is 0 Å². The number of nitrogens with one attached hydrogen (secondary N) is 1. The summed E-state index contributed by atoms with van der Waals surface area (Å²) in [7, 11) is 0. The number of halogens is 3. The zero-order valence-electron chi connectivity index (χ0n) is 8.22. The van der Waals surface area contributed by atoms with Gasteiger partial charge in [-0.3, -0.25) is 4.79 Å². The first-order valence-electron chi connectivity index (χ1n) is 4.56. The molecule has 4 nitrogen and oxygen atoms in total. The van der Waals surface area contributed by atoms with Crippen molar-refractivity contribution in [3.8, 4) is 0 Å². The fourth-order valence-electron chi connectivity index (χ4n) is 1.30. The van der Waals surface area contributed by atoms with Crippen molar-refractivity contribution in [2.45, 2.75) is 18.4 Å². The van der Waals surface area contributed by atoms with E-state index in [0.29, 0.717) is 17.7 Å². The minimum absolute atomic E-state index is 0.328. The molecular formula is C9H6Br2INO3S. The SMILES string of the molecule is O=C(NC1(C(=O)O)CC1)c1sc(Br)c(Br)c1I. The van der Waals surface area contributed by atoms with Gasteiger partial charge in [0.1, 0.15) is 10.4 Å². The molecule has 17 heavy (non-hydrogen) atoms. The standard InChI is InChI=1S/C9H6Br2INO3S/c10-3-4(12)5(17-6(3)11)7(14)13-9(1-2-9)8(15)16/h1-2H2,(H,13,14)(H,15,16). The first kappa shape index (κ1) is 13.8. The van der Waals surface area contributed by atoms with Gasteiger partial charge in [0.05, 0.1) is 11.8 Å². The van der Waals surface area contributed by atoms with Crippen LogP contribution in [0.15, 0.2) is 8.26 Å². The van der Waals surface area contributed by atoms with Gasteiger partial charge in [0.25, 0.3) is 5.91 Å². The van der Waals surface area contributed by atoms with Gasteiger partial charge in [0.15, 0.2) is 0 Å². The number of carbonyl (C=O) groups is 2. The highest BCUT2D eigenvalue weighted by molar-refractivity contribution is 14.1. The minimum Gasteiger partial charge on any atom is -0.480 e. The summed E-state index contributed by atoms with van der Waals surface area (Å²) in [4.78, 5) is 23.5. The van der Waals surface area contributed by atoms with Crippen LogP contribution in [0.1, 0.15) is 22.5 Å². The lowest BCUT2D eigenvalue weighted by Gasteiger charge is -2.11. The van der Waals surface area contributed by atoms with Crippen LogP contribution >= 0.6 is 65.8 Å². The van der Waals surface area contributed by atoms with E-state index in [1.807, 2.05) is 0 Å². The van der Waals surface area contributed by atoms with E-state index in [9.17, 15) is 9.59 Å². The number of carboxylic acid groups (broad SMARTS) is 1. The Morgan fingerprint density at radius 2 is 2.00 bits per heavy atom. The van der Waals surface area contributed by atoms with Crippen LogP contribution in [0.2, 0.25) is 0 Å². The molecule has 1 aliphatic carbocycles. The van der Waals surface area contributed by atoms with Crippen LogP contribution in [0, 0.1) is 3.57 Å². The Morgan fingerprint density at radius 1 is 1.41 bits per heavy atom. The van der Waals surface area contributed by atoms with Crippen LogP contribution in [-0.4, -0.2) is 22.5 Å². The lowest BCUT2D eigenvalue weighted by molar-refractivity contribution is -0.140. The average Bonchev–Trinajstić information content (AvgIpc) is 2.99. The molecule has 0 aliphatic heterocycles. The Balaban J connectivity index is 2.21. The molecule has 0 saturated heterocycles. The molecule has 0 radical (unpaired) electrons. The molecule has 0 spiro atoms. The number of carbonyl (C=O) groups excluding carboxylic acids is 1. The summed E-state index contributed by atoms with van der Waals surface area (Å²) >= 11 is 10.0. The quantitative estimate of drug-likeness (QED) is 0.634. The zero-order chi connectivity index (χ0) is 12.8. The van der Waals surface area contributed by atoms with Crippen molar-refractivity contribution in [3.05, 3.63) is 16.7 Å². The van der Waals surface area contributed by atoms with Crippen molar-refractivity contribution >= 4 is 77.7 Å². The van der Waals surface area contributed by atoms with Gasteiger partial charge in [-0.2, -0.15) is 0 Å². The summed E-state index contributed by atoms with van der Waals surface area (Å²) in [6.07, 6.45) is 0.997. The second-order valence-corrected chi connectivity index (χ2v) is 7.88. The van der Waals surface area contributed by atoms with E-state index < -0.39 is 11.5 Å². The number of hydrogen-bond acceptors (Lipinski definition) is 3. The summed E-state index contributed by atoms with van der Waals surface area (Å²) in [5.41, 5.74) is -1.04. The maximum Gasteiger partial charge on any atom is 0.329 e. The summed E-state index contributed by atoms with van der Waals surface area (Å²) in [6.45, 7) is 0. The largest absolute Gasteiger partial charge is 0.480 e. The summed E-state index contributed by atoms with van der Waals surface area (Å²) in [5, 5.41) is 11.6. The normalized spacial score (nSPS) is 16.6. The summed E-state index contributed by atoms with van der Waals surface area (Å²) in [6, 6.07) is 0. The van der Waals surface area contributed by atoms with Gasteiger partial charge < -0.3 is 10.4 Å². The topological polar surface area (TPSA) is 66.4 Å². The summed E-state index contributed by atoms with van der Waals surface area (Å²) in [5.74, 6) is -1.29. The molecule has 0 unspecified atom stereocenters. The van der Waals surface area contributed by atoms with Crippen LogP contribution in [0.5, 0.6) is 0 Å². The molecular weight excluding hydrogens is 489 g/mol. The molecule has 1 saturated carbocycles. The molecule has 2 rings (SSSR count). The molecule has 0 atom stereocenters. The maximum absolute atomic E-state index is 12.0. The van der Waals surface area contributed by atoms with E-state index in [0.717, 1.165) is 11.8 Å². The van der Waals surface area contributed by atoms with Crippen molar-refractivity contribution in [2.75, 3.05) is 0 Å². The highest BCUT2D eigenvalue weighted by atomic mass is 127. The minimum atomic E-state index is -1.04. The number of aliphatic carboxylic acids is 1. The molecule has 0 bridgehead atoms. The molecule has 1 amide bonds. The maximum atomic E-state index is 12.0. The van der Waals surface area contributed by atoms with Crippen LogP contribution in [0.25, 0.3) is 0 Å². The Hall–Kier alpha value is 0.330. The Kier molecular flexibility index (Phi) is 3.87. The number of thiophene rings is 1. The van der Waals surface area contributed by atoms with E-state index in [1.165, 1.54) is 11.3 Å². The third-order valence-electron chi connectivity index (χ3n) is 2.47. The predicted molar refractivity (Wildman–Crippen MR) is 79.5 cm³/mol. The molecule has 1 heterocycles. The van der Waals surface area contributed by atoms with E-state index in [-0.39, 0.29) is 5.91 Å². The van der Waals surface area contributed by atoms with Gasteiger partial charge in [-0.1, -0.05) is 0 Å². The third kappa shape index (κ3) is 2.54. The Morgan fingerprint density at radius 3 is 2.35 bits per heavy atom. The fraction of sp³-hybridized carbons (Fsp3) is 0.333. The van der Waals surface area contributed by atoms with Gasteiger partial charge >= 0.3 is 5.97 Å². The molecule has 0 aromatic carbocycles. The van der Waals surface area contributed by atoms with Gasteiger partial charge in [-0.15, -0.1) is 11.3 Å². The number of carboxylic acids is 1. The van der Waals surface area contributed by atoms with E-state index in [4.69, 9.17) is 5.11 Å². The van der Waals surface area contributed by atoms with Crippen LogP contribution in [-0.2, 0) is 4.79 Å². The van der Waals surface area contributed by atoms with Gasteiger partial charge in [-0.25, -0.2) is 4.79 Å². The lowest BCUT2D eigenvalue weighted by atomic mass is 10.2. The third-order valence-corrected chi connectivity index (χ3v) is 8.11. The molecule has 1 fully saturated rings. The van der Waals surface area contributed by atoms with E-state index in [1.54, 1.807) is 0 Å². The first-order valence-corrected chi connectivity index (χ1v) is 8.05. The fourth-order valence-corrected chi connectivity index (χ4v) is 4.66. The zero-order valence-corrected chi connectivity index (χ0v) is 14.4. The van der Waals surface area contributed by atoms with Crippen LogP contribution in [0.3, 0.4) is 0 Å². The van der Waals surface area contributed by atoms with Gasteiger partial charge in [0, 0.05) is 0 Å². The Labute approximate surface area is 132 Å². The van der Waals surface area contributed by atoms with Crippen LogP contribution in [0.4, 0.5) is 0 Å².